The first-order chi connectivity index (χ1) is 7.90. The van der Waals surface area contributed by atoms with Crippen LogP contribution in [0.1, 0.15) is 6.42 Å². The first kappa shape index (κ1) is 13.8. The summed E-state index contributed by atoms with van der Waals surface area (Å²) >= 11 is 0. The van der Waals surface area contributed by atoms with E-state index >= 15 is 0 Å². The summed E-state index contributed by atoms with van der Waals surface area (Å²) in [5, 5.41) is 3.26. The van der Waals surface area contributed by atoms with E-state index in [1.807, 2.05) is 43.3 Å². The number of nitrogens with one attached hydrogen (secondary N) is 1. The molecule has 0 radical (unpaired) electrons. The van der Waals surface area contributed by atoms with Crippen molar-refractivity contribution in [1.82, 2.24) is 0 Å². The zero-order chi connectivity index (χ0) is 12.9. The molecule has 0 saturated heterocycles. The molecule has 17 heavy (non-hydrogen) atoms. The highest BCUT2D eigenvalue weighted by molar-refractivity contribution is 7.90. The molecule has 0 heterocycles. The molecule has 1 N–H and O–H groups in total. The molecule has 0 atom stereocenters. The first-order valence-electron chi connectivity index (χ1n) is 5.58. The third kappa shape index (κ3) is 5.08. The van der Waals surface area contributed by atoms with Crippen LogP contribution in [0.15, 0.2) is 24.3 Å². The summed E-state index contributed by atoms with van der Waals surface area (Å²) < 4.78 is 22.0. The van der Waals surface area contributed by atoms with Gasteiger partial charge >= 0.3 is 0 Å². The van der Waals surface area contributed by atoms with Crippen LogP contribution in [0.3, 0.4) is 0 Å². The molecule has 0 bridgehead atoms. The Morgan fingerprint density at radius 3 is 2.47 bits per heavy atom. The van der Waals surface area contributed by atoms with Gasteiger partial charge in [-0.1, -0.05) is 12.1 Å². The van der Waals surface area contributed by atoms with Crippen LogP contribution in [0.5, 0.6) is 0 Å². The average Bonchev–Trinajstić information content (AvgIpc) is 2.23. The van der Waals surface area contributed by atoms with Gasteiger partial charge in [0.25, 0.3) is 0 Å². The topological polar surface area (TPSA) is 49.4 Å². The highest BCUT2D eigenvalue weighted by atomic mass is 32.2. The maximum Gasteiger partial charge on any atom is 0.147 e. The third-order valence-electron chi connectivity index (χ3n) is 2.39. The SMILES string of the molecule is CN(C)c1ccccc1NCCCS(C)(=O)=O. The molecule has 0 fully saturated rings. The van der Waals surface area contributed by atoms with Crippen molar-refractivity contribution in [1.29, 1.82) is 0 Å². The Bertz CT molecular complexity index is 455. The molecule has 1 aromatic carbocycles. The minimum absolute atomic E-state index is 0.226. The fourth-order valence-electron chi connectivity index (χ4n) is 1.57. The molecule has 1 rings (SSSR count). The van der Waals surface area contributed by atoms with E-state index < -0.39 is 9.84 Å². The van der Waals surface area contributed by atoms with E-state index in [4.69, 9.17) is 0 Å². The molecule has 0 aromatic heterocycles. The monoisotopic (exact) mass is 256 g/mol. The van der Waals surface area contributed by atoms with E-state index in [-0.39, 0.29) is 5.75 Å². The largest absolute Gasteiger partial charge is 0.383 e. The molecule has 5 heteroatoms. The normalized spacial score (nSPS) is 11.2. The fourth-order valence-corrected chi connectivity index (χ4v) is 2.24. The van der Waals surface area contributed by atoms with Crippen molar-refractivity contribution in [2.75, 3.05) is 42.9 Å². The van der Waals surface area contributed by atoms with Gasteiger partial charge in [-0.05, 0) is 18.6 Å². The van der Waals surface area contributed by atoms with Gasteiger partial charge in [-0.25, -0.2) is 8.42 Å². The molecule has 0 aliphatic carbocycles. The summed E-state index contributed by atoms with van der Waals surface area (Å²) in [5.41, 5.74) is 2.14. The molecule has 0 aliphatic heterocycles. The Morgan fingerprint density at radius 1 is 1.24 bits per heavy atom. The molecule has 4 nitrogen and oxygen atoms in total. The lowest BCUT2D eigenvalue weighted by molar-refractivity contribution is 0.600. The van der Waals surface area contributed by atoms with Gasteiger partial charge in [-0.2, -0.15) is 0 Å². The summed E-state index contributed by atoms with van der Waals surface area (Å²) in [6, 6.07) is 7.97. The highest BCUT2D eigenvalue weighted by Crippen LogP contribution is 2.23. The predicted molar refractivity (Wildman–Crippen MR) is 73.6 cm³/mol. The van der Waals surface area contributed by atoms with Crippen LogP contribution in [0, 0.1) is 0 Å². The van der Waals surface area contributed by atoms with E-state index in [0.717, 1.165) is 11.4 Å². The van der Waals surface area contributed by atoms with Crippen molar-refractivity contribution in [2.45, 2.75) is 6.42 Å². The molecule has 0 aliphatic rings. The molecule has 96 valence electrons. The molecule has 0 amide bonds. The van der Waals surface area contributed by atoms with Crippen molar-refractivity contribution in [2.24, 2.45) is 0 Å². The van der Waals surface area contributed by atoms with Gasteiger partial charge in [0.1, 0.15) is 9.84 Å². The van der Waals surface area contributed by atoms with E-state index in [9.17, 15) is 8.42 Å². The molecular weight excluding hydrogens is 236 g/mol. The minimum atomic E-state index is -2.86. The number of anilines is 2. The number of hydrogen-bond donors (Lipinski definition) is 1. The minimum Gasteiger partial charge on any atom is -0.383 e. The Kier molecular flexibility index (Phi) is 4.81. The molecule has 0 unspecified atom stereocenters. The van der Waals surface area contributed by atoms with E-state index in [1.54, 1.807) is 0 Å². The van der Waals surface area contributed by atoms with Crippen LogP contribution in [0.2, 0.25) is 0 Å². The number of hydrogen-bond acceptors (Lipinski definition) is 4. The second kappa shape index (κ2) is 5.91. The Hall–Kier alpha value is -1.23. The van der Waals surface area contributed by atoms with Gasteiger partial charge in [0, 0.05) is 26.9 Å². The van der Waals surface area contributed by atoms with Crippen molar-refractivity contribution in [3.05, 3.63) is 24.3 Å². The van der Waals surface area contributed by atoms with Gasteiger partial charge in [0.05, 0.1) is 17.1 Å². The number of nitrogens with zero attached hydrogens (tertiary/aromatic N) is 1. The summed E-state index contributed by atoms with van der Waals surface area (Å²) in [6.07, 6.45) is 1.89. The average molecular weight is 256 g/mol. The van der Waals surface area contributed by atoms with Crippen molar-refractivity contribution >= 4 is 21.2 Å². The lowest BCUT2D eigenvalue weighted by Crippen LogP contribution is -2.14. The number of rotatable bonds is 6. The summed E-state index contributed by atoms with van der Waals surface area (Å²) in [7, 11) is 1.11. The quantitative estimate of drug-likeness (QED) is 0.785. The Morgan fingerprint density at radius 2 is 1.88 bits per heavy atom. The molecule has 0 saturated carbocycles. The maximum absolute atomic E-state index is 11.0. The van der Waals surface area contributed by atoms with Crippen molar-refractivity contribution in [3.8, 4) is 0 Å². The third-order valence-corrected chi connectivity index (χ3v) is 3.42. The Labute approximate surface area is 104 Å². The second-order valence-corrected chi connectivity index (χ2v) is 6.58. The fraction of sp³-hybridized carbons (Fsp3) is 0.500. The summed E-state index contributed by atoms with van der Waals surface area (Å²) in [4.78, 5) is 2.03. The number of para-hydroxylation sites is 2. The van der Waals surface area contributed by atoms with Gasteiger partial charge < -0.3 is 10.2 Å². The molecule has 1 aromatic rings. The standard InChI is InChI=1S/C12H20N2O2S/c1-14(2)12-8-5-4-7-11(12)13-9-6-10-17(3,15)16/h4-5,7-8,13H,6,9-10H2,1-3H3. The van der Waals surface area contributed by atoms with Crippen LogP contribution in [0.4, 0.5) is 11.4 Å². The van der Waals surface area contributed by atoms with E-state index in [1.165, 1.54) is 6.26 Å². The smallest absolute Gasteiger partial charge is 0.147 e. The van der Waals surface area contributed by atoms with Gasteiger partial charge in [0.15, 0.2) is 0 Å². The Balaban J connectivity index is 2.52. The van der Waals surface area contributed by atoms with Crippen LogP contribution >= 0.6 is 0 Å². The molecule has 0 spiro atoms. The van der Waals surface area contributed by atoms with Gasteiger partial charge in [-0.3, -0.25) is 0 Å². The summed E-state index contributed by atoms with van der Waals surface area (Å²) in [6.45, 7) is 0.665. The first-order valence-corrected chi connectivity index (χ1v) is 7.64. The van der Waals surface area contributed by atoms with Crippen LogP contribution in [-0.4, -0.2) is 41.1 Å². The number of sulfone groups is 1. The zero-order valence-electron chi connectivity index (χ0n) is 10.6. The van der Waals surface area contributed by atoms with Gasteiger partial charge in [-0.15, -0.1) is 0 Å². The number of benzene rings is 1. The van der Waals surface area contributed by atoms with E-state index in [2.05, 4.69) is 5.32 Å². The highest BCUT2D eigenvalue weighted by Gasteiger charge is 2.04. The van der Waals surface area contributed by atoms with Crippen LogP contribution in [0.25, 0.3) is 0 Å². The van der Waals surface area contributed by atoms with E-state index in [0.29, 0.717) is 13.0 Å². The zero-order valence-corrected chi connectivity index (χ0v) is 11.4. The predicted octanol–water partition coefficient (Wildman–Crippen LogP) is 1.60. The van der Waals surface area contributed by atoms with Crippen molar-refractivity contribution < 1.29 is 8.42 Å². The van der Waals surface area contributed by atoms with Crippen LogP contribution in [-0.2, 0) is 9.84 Å². The maximum atomic E-state index is 11.0. The molecular formula is C12H20N2O2S. The van der Waals surface area contributed by atoms with Crippen LogP contribution < -0.4 is 10.2 Å². The van der Waals surface area contributed by atoms with Gasteiger partial charge in [0.2, 0.25) is 0 Å². The summed E-state index contributed by atoms with van der Waals surface area (Å²) in [5.74, 6) is 0.226. The van der Waals surface area contributed by atoms with Crippen molar-refractivity contribution in [3.63, 3.8) is 0 Å². The lowest BCUT2D eigenvalue weighted by atomic mass is 10.2. The second-order valence-electron chi connectivity index (χ2n) is 4.32. The lowest BCUT2D eigenvalue weighted by Gasteiger charge is -2.18.